The predicted molar refractivity (Wildman–Crippen MR) is 170 cm³/mol. The molecule has 0 amide bonds. The van der Waals surface area contributed by atoms with Gasteiger partial charge < -0.3 is 24.9 Å². The molecule has 0 radical (unpaired) electrons. The molecule has 0 aliphatic rings. The van der Waals surface area contributed by atoms with Crippen LogP contribution in [0.2, 0.25) is 0 Å². The zero-order valence-electron chi connectivity index (χ0n) is 26.8. The number of hydrogen-bond donors (Lipinski definition) is 2. The van der Waals surface area contributed by atoms with E-state index < -0.39 is 63.6 Å². The van der Waals surface area contributed by atoms with Crippen molar-refractivity contribution in [3.05, 3.63) is 83.8 Å². The van der Waals surface area contributed by atoms with E-state index in [1.165, 1.54) is 38.5 Å². The van der Waals surface area contributed by atoms with Crippen LogP contribution in [0.1, 0.15) is 0 Å². The fourth-order valence-corrected chi connectivity index (χ4v) is 5.98. The van der Waals surface area contributed by atoms with E-state index in [0.717, 1.165) is 6.07 Å². The summed E-state index contributed by atoms with van der Waals surface area (Å²) < 4.78 is 81.9. The molecule has 0 fully saturated rings. The van der Waals surface area contributed by atoms with E-state index in [9.17, 15) is 31.0 Å². The summed E-state index contributed by atoms with van der Waals surface area (Å²) in [6, 6.07) is 18.9. The van der Waals surface area contributed by atoms with Crippen LogP contribution in [0, 0.1) is 5.39 Å². The van der Waals surface area contributed by atoms with Gasteiger partial charge in [0.1, 0.15) is 32.1 Å². The molecule has 5 aromatic carbocycles. The molecule has 0 saturated heterocycles. The molecule has 0 atom stereocenters. The van der Waals surface area contributed by atoms with Gasteiger partial charge in [-0.1, -0.05) is 30.0 Å². The van der Waals surface area contributed by atoms with Crippen LogP contribution in [0.25, 0.3) is 26.9 Å². The number of benzene rings is 5. The fourth-order valence-electron chi connectivity index (χ4n) is 4.67. The van der Waals surface area contributed by atoms with Crippen LogP contribution in [0.4, 0.5) is 34.1 Å². The van der Waals surface area contributed by atoms with E-state index in [1.54, 1.807) is 42.5 Å². The summed E-state index contributed by atoms with van der Waals surface area (Å²) in [6.07, 6.45) is 0. The van der Waals surface area contributed by atoms with Gasteiger partial charge in [-0.25, -0.2) is 8.42 Å². The van der Waals surface area contributed by atoms with Gasteiger partial charge >= 0.3 is 64.8 Å². The molecule has 0 unspecified atom stereocenters. The Bertz CT molecular complexity index is 2420. The maximum Gasteiger partial charge on any atom is 1.00 e. The Balaban J connectivity index is 0.00000338. The number of nitrogens with zero attached hydrogens (tertiary/aromatic N) is 6. The molecule has 16 nitrogen and oxygen atoms in total. The van der Waals surface area contributed by atoms with E-state index >= 15 is 0 Å². The van der Waals surface area contributed by atoms with Crippen LogP contribution in [-0.2, 0) is 20.2 Å². The fraction of sp³-hybridized carbons (Fsp3) is 0.0667. The third-order valence-corrected chi connectivity index (χ3v) is 8.64. The standard InChI is InChI=1S/C30H23N7O9S2.2Na/c1-45-22-12-16(8-10-20(22)33-32)17-9-11-21(23(13-17)46-2)35-36-28-24(47(39,40)41)14-18-15-25(48(42,43)44)29(30(38)26(18)27(28)31)37-34-19-6-4-3-5-7-19;;/h3-15H,1-2H3,(H4-,31,34,35,38,39,40,41,42,43,44);;/q;2*+1/p-1. The first-order valence-corrected chi connectivity index (χ1v) is 16.2. The van der Waals surface area contributed by atoms with Crippen LogP contribution >= 0.6 is 0 Å². The van der Waals surface area contributed by atoms with Crippen molar-refractivity contribution >= 4 is 65.1 Å². The summed E-state index contributed by atoms with van der Waals surface area (Å²) in [5.41, 5.74) is 5.87. The van der Waals surface area contributed by atoms with Gasteiger partial charge in [0.05, 0.1) is 36.2 Å². The first-order valence-electron chi connectivity index (χ1n) is 13.4. The van der Waals surface area contributed by atoms with E-state index in [4.69, 9.17) is 20.6 Å². The van der Waals surface area contributed by atoms with Gasteiger partial charge in [-0.2, -0.15) is 13.5 Å². The molecule has 50 heavy (non-hydrogen) atoms. The van der Waals surface area contributed by atoms with Crippen molar-refractivity contribution in [1.29, 1.82) is 5.39 Å². The van der Waals surface area contributed by atoms with E-state index in [-0.39, 0.29) is 81.9 Å². The van der Waals surface area contributed by atoms with Gasteiger partial charge in [0.2, 0.25) is 11.1 Å². The number of nitrogen functional groups attached to an aromatic ring is 1. The second-order valence-corrected chi connectivity index (χ2v) is 12.6. The number of diazo groups is 1. The smallest absolute Gasteiger partial charge is 0.870 e. The van der Waals surface area contributed by atoms with Gasteiger partial charge in [0, 0.05) is 11.5 Å². The molecule has 244 valence electrons. The van der Waals surface area contributed by atoms with E-state index in [2.05, 4.69) is 25.4 Å². The Morgan fingerprint density at radius 3 is 1.94 bits per heavy atom. The minimum atomic E-state index is -5.34. The summed E-state index contributed by atoms with van der Waals surface area (Å²) in [5.74, 6) is -0.711. The predicted octanol–water partition coefficient (Wildman–Crippen LogP) is 0.654. The first-order chi connectivity index (χ1) is 22.8. The largest absolute Gasteiger partial charge is 1.00 e. The molecule has 0 heterocycles. The molecule has 5 aromatic rings. The number of anilines is 1. The van der Waals surface area contributed by atoms with E-state index in [1.807, 2.05) is 0 Å². The Morgan fingerprint density at radius 1 is 0.780 bits per heavy atom. The van der Waals surface area contributed by atoms with Gasteiger partial charge in [0.15, 0.2) is 4.98 Å². The van der Waals surface area contributed by atoms with Crippen molar-refractivity contribution < 1.29 is 99.6 Å². The normalized spacial score (nSPS) is 11.6. The average Bonchev–Trinajstić information content (AvgIpc) is 3.06. The number of hydrogen-bond acceptors (Lipinski definition) is 14. The van der Waals surface area contributed by atoms with Crippen molar-refractivity contribution in [1.82, 2.24) is 0 Å². The van der Waals surface area contributed by atoms with Crippen LogP contribution in [0.3, 0.4) is 0 Å². The third-order valence-electron chi connectivity index (χ3n) is 6.92. The van der Waals surface area contributed by atoms with Gasteiger partial charge in [-0.05, 0) is 65.0 Å². The number of fused-ring (bicyclic) bond motifs is 1. The zero-order valence-corrected chi connectivity index (χ0v) is 32.4. The molecule has 0 saturated carbocycles. The summed E-state index contributed by atoms with van der Waals surface area (Å²) in [6.45, 7) is 0. The molecule has 0 spiro atoms. The minimum absolute atomic E-state index is 0. The third kappa shape index (κ3) is 8.47. The maximum absolute atomic E-state index is 13.6. The van der Waals surface area contributed by atoms with Crippen molar-refractivity contribution in [2.24, 2.45) is 20.5 Å². The van der Waals surface area contributed by atoms with Crippen molar-refractivity contribution in [2.45, 2.75) is 9.79 Å². The Morgan fingerprint density at radius 2 is 1.36 bits per heavy atom. The molecular formula is C30H22N7Na2O9S2+. The Labute approximate surface area is 329 Å². The quantitative estimate of drug-likeness (QED) is 0.0699. The van der Waals surface area contributed by atoms with Gasteiger partial charge in [-0.15, -0.1) is 15.3 Å². The van der Waals surface area contributed by atoms with Crippen LogP contribution in [0.15, 0.2) is 109 Å². The van der Waals surface area contributed by atoms with Gasteiger partial charge in [0.25, 0.3) is 10.1 Å². The number of ether oxygens (including phenoxy) is 2. The number of methoxy groups -OCH3 is 2. The summed E-state index contributed by atoms with van der Waals surface area (Å²) in [5, 5.41) is 37.4. The molecule has 0 bridgehead atoms. The maximum atomic E-state index is 13.6. The average molecular weight is 735 g/mol. The molecule has 20 heteroatoms. The van der Waals surface area contributed by atoms with Crippen molar-refractivity contribution in [2.75, 3.05) is 20.0 Å². The van der Waals surface area contributed by atoms with Crippen LogP contribution < -0.4 is 79.4 Å². The monoisotopic (exact) mass is 734 g/mol. The van der Waals surface area contributed by atoms with Crippen LogP contribution in [-0.4, -0.2) is 40.2 Å². The number of rotatable bonds is 9. The Hall–Kier alpha value is -4.00. The first kappa shape index (κ1) is 40.4. The van der Waals surface area contributed by atoms with Crippen LogP contribution in [0.5, 0.6) is 17.2 Å². The minimum Gasteiger partial charge on any atom is -0.870 e. The molecule has 3 N–H and O–H groups in total. The number of azo groups is 2. The zero-order chi connectivity index (χ0) is 34.8. The molecule has 0 aromatic heterocycles. The van der Waals surface area contributed by atoms with E-state index in [0.29, 0.717) is 22.9 Å². The Kier molecular flexibility index (Phi) is 13.2. The van der Waals surface area contributed by atoms with Crippen molar-refractivity contribution in [3.63, 3.8) is 0 Å². The summed E-state index contributed by atoms with van der Waals surface area (Å²) >= 11 is 0. The molecule has 5 rings (SSSR count). The second kappa shape index (κ2) is 16.3. The topological polar surface area (TPSA) is 257 Å². The number of nitrogens with two attached hydrogens (primary N) is 1. The molecule has 0 aliphatic heterocycles. The SMILES string of the molecule is COc1cc(-c2ccc([N+]#N)c(OC)c2)ccc1N=Nc1c(S(=O)(=O)O)cc2cc(S(=O)(=O)[O-])c(N=Nc3ccccc3)c([O-])c2c1N.[Na+].[Na+]. The van der Waals surface area contributed by atoms with Crippen molar-refractivity contribution in [3.8, 4) is 28.4 Å². The van der Waals surface area contributed by atoms with Gasteiger partial charge in [-0.3, -0.25) is 4.55 Å². The molecular weight excluding hydrogens is 712 g/mol. The summed E-state index contributed by atoms with van der Waals surface area (Å²) in [4.78, 5) is 1.14. The second-order valence-electron chi connectivity index (χ2n) is 9.83. The summed E-state index contributed by atoms with van der Waals surface area (Å²) in [7, 11) is -7.70. The molecule has 0 aliphatic carbocycles.